The number of hydrogen-bond donors (Lipinski definition) is 1. The molecule has 4 nitrogen and oxygen atoms in total. The van der Waals surface area contributed by atoms with E-state index in [4.69, 9.17) is 23.2 Å². The summed E-state index contributed by atoms with van der Waals surface area (Å²) in [6, 6.07) is 24.0. The number of benzene rings is 3. The van der Waals surface area contributed by atoms with Crippen LogP contribution in [0.1, 0.15) is 30.0 Å². The Kier molecular flexibility index (Phi) is 9.35. The van der Waals surface area contributed by atoms with Crippen molar-refractivity contribution >= 4 is 35.0 Å². The van der Waals surface area contributed by atoms with Gasteiger partial charge in [-0.05, 0) is 42.2 Å². The first-order valence-electron chi connectivity index (χ1n) is 11.1. The fourth-order valence-electron chi connectivity index (χ4n) is 3.74. The van der Waals surface area contributed by atoms with Crippen molar-refractivity contribution in [3.63, 3.8) is 0 Å². The van der Waals surface area contributed by atoms with Crippen molar-refractivity contribution in [1.29, 1.82) is 0 Å². The van der Waals surface area contributed by atoms with Gasteiger partial charge in [0.1, 0.15) is 6.04 Å². The van der Waals surface area contributed by atoms with E-state index in [1.807, 2.05) is 79.7 Å². The molecule has 0 saturated heterocycles. The number of halogens is 2. The van der Waals surface area contributed by atoms with E-state index in [0.717, 1.165) is 16.7 Å². The lowest BCUT2D eigenvalue weighted by molar-refractivity contribution is -0.141. The molecule has 0 bridgehead atoms. The van der Waals surface area contributed by atoms with E-state index in [0.29, 0.717) is 29.4 Å². The second-order valence-corrected chi connectivity index (χ2v) is 8.62. The van der Waals surface area contributed by atoms with Gasteiger partial charge in [-0.1, -0.05) is 89.9 Å². The Morgan fingerprint density at radius 1 is 0.848 bits per heavy atom. The molecule has 2 amide bonds. The maximum atomic E-state index is 13.5. The van der Waals surface area contributed by atoms with Crippen molar-refractivity contribution in [3.8, 4) is 0 Å². The Labute approximate surface area is 205 Å². The molecule has 6 heteroatoms. The van der Waals surface area contributed by atoms with E-state index in [9.17, 15) is 9.59 Å². The quantitative estimate of drug-likeness (QED) is 0.402. The summed E-state index contributed by atoms with van der Waals surface area (Å²) in [4.78, 5) is 28.3. The Hall–Kier alpha value is -2.82. The number of carbonyl (C=O) groups excluding carboxylic acids is 2. The lowest BCUT2D eigenvalue weighted by Crippen LogP contribution is -2.50. The third kappa shape index (κ3) is 7.08. The fraction of sp³-hybridized carbons (Fsp3) is 0.259. The zero-order valence-corrected chi connectivity index (χ0v) is 20.1. The van der Waals surface area contributed by atoms with Gasteiger partial charge in [-0.25, -0.2) is 0 Å². The molecule has 3 rings (SSSR count). The number of aryl methyl sites for hydroxylation is 1. The van der Waals surface area contributed by atoms with Crippen LogP contribution in [-0.4, -0.2) is 29.3 Å². The summed E-state index contributed by atoms with van der Waals surface area (Å²) in [5.74, 6) is -0.304. The topological polar surface area (TPSA) is 49.4 Å². The number of nitrogens with one attached hydrogen (secondary N) is 1. The maximum Gasteiger partial charge on any atom is 0.243 e. The van der Waals surface area contributed by atoms with Gasteiger partial charge in [0, 0.05) is 36.0 Å². The van der Waals surface area contributed by atoms with Crippen LogP contribution < -0.4 is 5.32 Å². The Bertz CT molecular complexity index is 1070. The number of carbonyl (C=O) groups is 2. The first kappa shape index (κ1) is 24.8. The predicted molar refractivity (Wildman–Crippen MR) is 134 cm³/mol. The summed E-state index contributed by atoms with van der Waals surface area (Å²) in [6.07, 6.45) is 1.14. The second-order valence-electron chi connectivity index (χ2n) is 7.80. The van der Waals surface area contributed by atoms with Crippen LogP contribution in [0.5, 0.6) is 0 Å². The van der Waals surface area contributed by atoms with Gasteiger partial charge in [0.05, 0.1) is 0 Å². The van der Waals surface area contributed by atoms with E-state index in [-0.39, 0.29) is 24.8 Å². The molecule has 0 aromatic heterocycles. The minimum atomic E-state index is -0.664. The highest BCUT2D eigenvalue weighted by atomic mass is 35.5. The van der Waals surface area contributed by atoms with Gasteiger partial charge in [-0.2, -0.15) is 0 Å². The predicted octanol–water partition coefficient (Wildman–Crippen LogP) is 5.70. The van der Waals surface area contributed by atoms with Crippen LogP contribution in [0.25, 0.3) is 0 Å². The highest BCUT2D eigenvalue weighted by Crippen LogP contribution is 2.22. The first-order chi connectivity index (χ1) is 16.0. The third-order valence-corrected chi connectivity index (χ3v) is 6.22. The van der Waals surface area contributed by atoms with Crippen molar-refractivity contribution in [2.75, 3.05) is 6.54 Å². The molecule has 33 heavy (non-hydrogen) atoms. The van der Waals surface area contributed by atoms with Gasteiger partial charge in [0.25, 0.3) is 0 Å². The lowest BCUT2D eigenvalue weighted by Gasteiger charge is -2.32. The molecule has 0 aliphatic rings. The number of amides is 2. The Balaban J connectivity index is 1.91. The standard InChI is InChI=1S/C27H28Cl2N2O2/c1-2-30-27(33)25(18-20-10-4-3-5-11-20)31(19-22-13-7-9-15-24(22)29)26(32)17-16-21-12-6-8-14-23(21)28/h3-15,25H,2,16-19H2,1H3,(H,30,33). The summed E-state index contributed by atoms with van der Waals surface area (Å²) in [7, 11) is 0. The summed E-state index contributed by atoms with van der Waals surface area (Å²) >= 11 is 12.7. The zero-order valence-electron chi connectivity index (χ0n) is 18.6. The minimum absolute atomic E-state index is 0.123. The van der Waals surface area contributed by atoms with E-state index >= 15 is 0 Å². The fourth-order valence-corrected chi connectivity index (χ4v) is 4.17. The summed E-state index contributed by atoms with van der Waals surface area (Å²) in [5.41, 5.74) is 2.69. The lowest BCUT2D eigenvalue weighted by atomic mass is 10.0. The molecular formula is C27H28Cl2N2O2. The van der Waals surface area contributed by atoms with Crippen LogP contribution >= 0.6 is 23.2 Å². The van der Waals surface area contributed by atoms with Crippen molar-refractivity contribution in [2.24, 2.45) is 0 Å². The van der Waals surface area contributed by atoms with E-state index in [2.05, 4.69) is 5.32 Å². The van der Waals surface area contributed by atoms with E-state index < -0.39 is 6.04 Å². The minimum Gasteiger partial charge on any atom is -0.355 e. The SMILES string of the molecule is CCNC(=O)C(Cc1ccccc1)N(Cc1ccccc1Cl)C(=O)CCc1ccccc1Cl. The van der Waals surface area contributed by atoms with Gasteiger partial charge in [0.2, 0.25) is 11.8 Å². The normalized spacial score (nSPS) is 11.6. The average molecular weight is 483 g/mol. The van der Waals surface area contributed by atoms with Crippen LogP contribution in [0.2, 0.25) is 10.0 Å². The van der Waals surface area contributed by atoms with Gasteiger partial charge >= 0.3 is 0 Å². The summed E-state index contributed by atoms with van der Waals surface area (Å²) in [6.45, 7) is 2.60. The van der Waals surface area contributed by atoms with Crippen molar-refractivity contribution < 1.29 is 9.59 Å². The number of rotatable bonds is 10. The molecule has 3 aromatic rings. The van der Waals surface area contributed by atoms with Gasteiger partial charge in [-0.3, -0.25) is 9.59 Å². The van der Waals surface area contributed by atoms with Crippen LogP contribution in [0, 0.1) is 0 Å². The molecule has 0 radical (unpaired) electrons. The molecule has 1 N–H and O–H groups in total. The number of nitrogens with zero attached hydrogens (tertiary/aromatic N) is 1. The Morgan fingerprint density at radius 3 is 2.03 bits per heavy atom. The van der Waals surface area contributed by atoms with Gasteiger partial charge in [-0.15, -0.1) is 0 Å². The Morgan fingerprint density at radius 2 is 1.42 bits per heavy atom. The molecule has 3 aromatic carbocycles. The molecule has 0 fully saturated rings. The highest BCUT2D eigenvalue weighted by molar-refractivity contribution is 6.31. The molecule has 1 unspecified atom stereocenters. The third-order valence-electron chi connectivity index (χ3n) is 5.49. The monoisotopic (exact) mass is 482 g/mol. The van der Waals surface area contributed by atoms with Crippen LogP contribution in [0.15, 0.2) is 78.9 Å². The molecule has 0 spiro atoms. The molecule has 172 valence electrons. The van der Waals surface area contributed by atoms with Crippen LogP contribution in [0.4, 0.5) is 0 Å². The summed E-state index contributed by atoms with van der Waals surface area (Å²) in [5, 5.41) is 4.10. The zero-order chi connectivity index (χ0) is 23.6. The molecular weight excluding hydrogens is 455 g/mol. The molecule has 1 atom stereocenters. The average Bonchev–Trinajstić information content (AvgIpc) is 2.82. The molecule has 0 saturated carbocycles. The van der Waals surface area contributed by atoms with Crippen molar-refractivity contribution in [2.45, 2.75) is 38.8 Å². The largest absolute Gasteiger partial charge is 0.355 e. The first-order valence-corrected chi connectivity index (χ1v) is 11.8. The summed E-state index contributed by atoms with van der Waals surface area (Å²) < 4.78 is 0. The maximum absolute atomic E-state index is 13.5. The van der Waals surface area contributed by atoms with Gasteiger partial charge < -0.3 is 10.2 Å². The molecule has 0 aliphatic heterocycles. The highest BCUT2D eigenvalue weighted by Gasteiger charge is 2.30. The van der Waals surface area contributed by atoms with Crippen LogP contribution in [0.3, 0.4) is 0 Å². The smallest absolute Gasteiger partial charge is 0.243 e. The van der Waals surface area contributed by atoms with Crippen molar-refractivity contribution in [3.05, 3.63) is 106 Å². The van der Waals surface area contributed by atoms with E-state index in [1.54, 1.807) is 11.0 Å². The van der Waals surface area contributed by atoms with Gasteiger partial charge in [0.15, 0.2) is 0 Å². The molecule has 0 aliphatic carbocycles. The number of likely N-dealkylation sites (N-methyl/N-ethyl adjacent to an activating group) is 1. The van der Waals surface area contributed by atoms with Crippen molar-refractivity contribution in [1.82, 2.24) is 10.2 Å². The second kappa shape index (κ2) is 12.4. The van der Waals surface area contributed by atoms with Crippen LogP contribution in [-0.2, 0) is 29.0 Å². The number of hydrogen-bond acceptors (Lipinski definition) is 2. The van der Waals surface area contributed by atoms with E-state index in [1.165, 1.54) is 0 Å². The molecule has 0 heterocycles.